The van der Waals surface area contributed by atoms with E-state index in [4.69, 9.17) is 0 Å². The molecule has 1 aliphatic rings. The molecule has 16 heavy (non-hydrogen) atoms. The average Bonchev–Trinajstić information content (AvgIpc) is 2.28. The Hall–Kier alpha value is -0.0800. The Morgan fingerprint density at radius 1 is 1.25 bits per heavy atom. The lowest BCUT2D eigenvalue weighted by atomic mass is 9.99. The first-order valence-corrected chi connectivity index (χ1v) is 7.11. The molecule has 0 saturated carbocycles. The Morgan fingerprint density at radius 2 is 2.00 bits per heavy atom. The first kappa shape index (κ1) is 14.0. The van der Waals surface area contributed by atoms with Crippen LogP contribution in [0.2, 0.25) is 0 Å². The molecule has 96 valence electrons. The number of piperidine rings is 1. The molecule has 0 aromatic carbocycles. The molecule has 2 nitrogen and oxygen atoms in total. The van der Waals surface area contributed by atoms with Crippen molar-refractivity contribution in [1.29, 1.82) is 0 Å². The Labute approximate surface area is 102 Å². The van der Waals surface area contributed by atoms with Gasteiger partial charge in [0.05, 0.1) is 0 Å². The van der Waals surface area contributed by atoms with Crippen molar-refractivity contribution in [2.45, 2.75) is 65.5 Å². The summed E-state index contributed by atoms with van der Waals surface area (Å²) in [4.78, 5) is 2.72. The van der Waals surface area contributed by atoms with Crippen LogP contribution in [0.15, 0.2) is 0 Å². The lowest BCUT2D eigenvalue weighted by Crippen LogP contribution is -2.49. The molecule has 0 bridgehead atoms. The second kappa shape index (κ2) is 7.29. The van der Waals surface area contributed by atoms with Crippen LogP contribution in [0.5, 0.6) is 0 Å². The van der Waals surface area contributed by atoms with Crippen molar-refractivity contribution in [1.82, 2.24) is 10.2 Å². The first-order valence-electron chi connectivity index (χ1n) is 7.11. The summed E-state index contributed by atoms with van der Waals surface area (Å²) in [7, 11) is 0. The van der Waals surface area contributed by atoms with Crippen LogP contribution in [-0.4, -0.2) is 36.6 Å². The Bertz CT molecular complexity index is 180. The number of hydrogen-bond acceptors (Lipinski definition) is 2. The highest BCUT2D eigenvalue weighted by atomic mass is 15.2. The van der Waals surface area contributed by atoms with E-state index in [2.05, 4.69) is 37.9 Å². The van der Waals surface area contributed by atoms with Crippen LogP contribution in [0.1, 0.15) is 53.4 Å². The van der Waals surface area contributed by atoms with Gasteiger partial charge in [-0.3, -0.25) is 4.90 Å². The molecule has 0 aromatic rings. The molecule has 1 saturated heterocycles. The average molecular weight is 226 g/mol. The quantitative estimate of drug-likeness (QED) is 0.749. The highest BCUT2D eigenvalue weighted by molar-refractivity contribution is 4.82. The van der Waals surface area contributed by atoms with Gasteiger partial charge < -0.3 is 5.32 Å². The second-order valence-electron chi connectivity index (χ2n) is 5.70. The van der Waals surface area contributed by atoms with Crippen molar-refractivity contribution in [3.63, 3.8) is 0 Å². The molecule has 1 N–H and O–H groups in total. The SMILES string of the molecule is CCC(C)N1CCCCC1CNCC(C)C. The zero-order valence-corrected chi connectivity index (χ0v) is 11.6. The predicted molar refractivity (Wildman–Crippen MR) is 71.8 cm³/mol. The van der Waals surface area contributed by atoms with Gasteiger partial charge in [0.15, 0.2) is 0 Å². The summed E-state index contributed by atoms with van der Waals surface area (Å²) in [5, 5.41) is 3.62. The summed E-state index contributed by atoms with van der Waals surface area (Å²) in [6, 6.07) is 1.54. The summed E-state index contributed by atoms with van der Waals surface area (Å²) in [6.45, 7) is 12.9. The first-order chi connectivity index (χ1) is 7.65. The molecular formula is C14H30N2. The molecule has 1 heterocycles. The van der Waals surface area contributed by atoms with Gasteiger partial charge in [0.2, 0.25) is 0 Å². The minimum atomic E-state index is 0.756. The Kier molecular flexibility index (Phi) is 6.37. The maximum atomic E-state index is 3.62. The summed E-state index contributed by atoms with van der Waals surface area (Å²) < 4.78 is 0. The number of rotatable bonds is 6. The number of likely N-dealkylation sites (tertiary alicyclic amines) is 1. The van der Waals surface area contributed by atoms with Gasteiger partial charge in [-0.05, 0) is 45.2 Å². The lowest BCUT2D eigenvalue weighted by molar-refractivity contribution is 0.0992. The number of hydrogen-bond donors (Lipinski definition) is 1. The van der Waals surface area contributed by atoms with Gasteiger partial charge in [0, 0.05) is 18.6 Å². The third-order valence-electron chi connectivity index (χ3n) is 3.76. The van der Waals surface area contributed by atoms with Crippen LogP contribution in [-0.2, 0) is 0 Å². The fourth-order valence-electron chi connectivity index (χ4n) is 2.60. The van der Waals surface area contributed by atoms with Crippen molar-refractivity contribution in [2.75, 3.05) is 19.6 Å². The van der Waals surface area contributed by atoms with Crippen LogP contribution in [0.4, 0.5) is 0 Å². The van der Waals surface area contributed by atoms with E-state index in [1.807, 2.05) is 0 Å². The number of nitrogens with one attached hydrogen (secondary N) is 1. The van der Waals surface area contributed by atoms with E-state index in [1.54, 1.807) is 0 Å². The van der Waals surface area contributed by atoms with E-state index in [9.17, 15) is 0 Å². The summed E-state index contributed by atoms with van der Waals surface area (Å²) in [5.74, 6) is 0.764. The van der Waals surface area contributed by atoms with E-state index in [0.29, 0.717) is 0 Å². The second-order valence-corrected chi connectivity index (χ2v) is 5.70. The van der Waals surface area contributed by atoms with Gasteiger partial charge in [-0.25, -0.2) is 0 Å². The lowest BCUT2D eigenvalue weighted by Gasteiger charge is -2.40. The van der Waals surface area contributed by atoms with Crippen molar-refractivity contribution in [3.05, 3.63) is 0 Å². The smallest absolute Gasteiger partial charge is 0.0223 e. The molecule has 0 amide bonds. The summed E-state index contributed by atoms with van der Waals surface area (Å²) in [5.41, 5.74) is 0. The van der Waals surface area contributed by atoms with Crippen LogP contribution in [0.25, 0.3) is 0 Å². The molecule has 1 aliphatic heterocycles. The molecule has 1 fully saturated rings. The van der Waals surface area contributed by atoms with Gasteiger partial charge in [0.25, 0.3) is 0 Å². The highest BCUT2D eigenvalue weighted by Gasteiger charge is 2.24. The molecule has 0 aromatic heterocycles. The van der Waals surface area contributed by atoms with Crippen LogP contribution >= 0.6 is 0 Å². The minimum absolute atomic E-state index is 0.756. The normalized spacial score (nSPS) is 24.9. The zero-order valence-electron chi connectivity index (χ0n) is 11.6. The van der Waals surface area contributed by atoms with Crippen molar-refractivity contribution < 1.29 is 0 Å². The fourth-order valence-corrected chi connectivity index (χ4v) is 2.60. The molecular weight excluding hydrogens is 196 g/mol. The monoisotopic (exact) mass is 226 g/mol. The van der Waals surface area contributed by atoms with Gasteiger partial charge in [-0.15, -0.1) is 0 Å². The Morgan fingerprint density at radius 3 is 2.62 bits per heavy atom. The molecule has 0 aliphatic carbocycles. The molecule has 2 heteroatoms. The number of nitrogens with zero attached hydrogens (tertiary/aromatic N) is 1. The standard InChI is InChI=1S/C14H30N2/c1-5-13(4)16-9-7-6-8-14(16)11-15-10-12(2)3/h12-15H,5-11H2,1-4H3. The molecule has 0 spiro atoms. The molecule has 0 radical (unpaired) electrons. The Balaban J connectivity index is 2.35. The zero-order chi connectivity index (χ0) is 12.0. The third-order valence-corrected chi connectivity index (χ3v) is 3.76. The van der Waals surface area contributed by atoms with E-state index < -0.39 is 0 Å². The maximum absolute atomic E-state index is 3.62. The van der Waals surface area contributed by atoms with E-state index in [1.165, 1.54) is 38.8 Å². The fraction of sp³-hybridized carbons (Fsp3) is 1.00. The minimum Gasteiger partial charge on any atom is -0.315 e. The molecule has 2 atom stereocenters. The predicted octanol–water partition coefficient (Wildman–Crippen LogP) is 2.89. The summed E-state index contributed by atoms with van der Waals surface area (Å²) >= 11 is 0. The summed E-state index contributed by atoms with van der Waals surface area (Å²) in [6.07, 6.45) is 5.47. The van der Waals surface area contributed by atoms with Gasteiger partial charge in [-0.1, -0.05) is 27.2 Å². The molecule has 1 rings (SSSR count). The highest BCUT2D eigenvalue weighted by Crippen LogP contribution is 2.20. The van der Waals surface area contributed by atoms with Crippen molar-refractivity contribution >= 4 is 0 Å². The van der Waals surface area contributed by atoms with Gasteiger partial charge in [-0.2, -0.15) is 0 Å². The largest absolute Gasteiger partial charge is 0.315 e. The third kappa shape index (κ3) is 4.42. The van der Waals surface area contributed by atoms with E-state index in [0.717, 1.165) is 24.5 Å². The van der Waals surface area contributed by atoms with Crippen LogP contribution < -0.4 is 5.32 Å². The van der Waals surface area contributed by atoms with E-state index in [-0.39, 0.29) is 0 Å². The van der Waals surface area contributed by atoms with Crippen molar-refractivity contribution in [2.24, 2.45) is 5.92 Å². The maximum Gasteiger partial charge on any atom is 0.0223 e. The topological polar surface area (TPSA) is 15.3 Å². The van der Waals surface area contributed by atoms with Gasteiger partial charge in [0.1, 0.15) is 0 Å². The van der Waals surface area contributed by atoms with Gasteiger partial charge >= 0.3 is 0 Å². The van der Waals surface area contributed by atoms with E-state index >= 15 is 0 Å². The van der Waals surface area contributed by atoms with Crippen LogP contribution in [0.3, 0.4) is 0 Å². The molecule has 2 unspecified atom stereocenters. The van der Waals surface area contributed by atoms with Crippen molar-refractivity contribution in [3.8, 4) is 0 Å². The van der Waals surface area contributed by atoms with Crippen LogP contribution in [0, 0.1) is 5.92 Å².